The number of methoxy groups -OCH3 is 3. The summed E-state index contributed by atoms with van der Waals surface area (Å²) in [6, 6.07) is 6.15. The van der Waals surface area contributed by atoms with Crippen molar-refractivity contribution in [3.05, 3.63) is 23.8 Å². The zero-order chi connectivity index (χ0) is 15.1. The number of ether oxygens (including phenoxy) is 3. The third-order valence-electron chi connectivity index (χ3n) is 3.02. The molecule has 1 unspecified atom stereocenters. The van der Waals surface area contributed by atoms with Crippen LogP contribution >= 0.6 is 0 Å². The van der Waals surface area contributed by atoms with Crippen LogP contribution in [0.15, 0.2) is 18.2 Å². The van der Waals surface area contributed by atoms with Gasteiger partial charge in [0.05, 0.1) is 18.8 Å². The molecule has 1 aromatic rings. The van der Waals surface area contributed by atoms with Crippen LogP contribution in [0.25, 0.3) is 0 Å². The number of hydrogen-bond acceptors (Lipinski definition) is 5. The summed E-state index contributed by atoms with van der Waals surface area (Å²) in [7, 11) is 9.02. The molecule has 5 heteroatoms. The van der Waals surface area contributed by atoms with Gasteiger partial charge in [0.15, 0.2) is 6.29 Å². The smallest absolute Gasteiger partial charge is 0.176 e. The number of nitrogens with zero attached hydrogens (tertiary/aromatic N) is 1. The van der Waals surface area contributed by atoms with Crippen molar-refractivity contribution in [3.63, 3.8) is 0 Å². The summed E-state index contributed by atoms with van der Waals surface area (Å²) < 4.78 is 15.9. The van der Waals surface area contributed by atoms with Crippen molar-refractivity contribution in [2.45, 2.75) is 25.8 Å². The Balaban J connectivity index is 2.90. The van der Waals surface area contributed by atoms with Crippen LogP contribution in [-0.2, 0) is 16.0 Å². The molecule has 0 aliphatic heterocycles. The predicted octanol–water partition coefficient (Wildman–Crippen LogP) is 2.18. The van der Waals surface area contributed by atoms with E-state index in [1.165, 1.54) is 5.56 Å². The molecule has 0 radical (unpaired) electrons. The Morgan fingerprint density at radius 1 is 1.15 bits per heavy atom. The van der Waals surface area contributed by atoms with Gasteiger partial charge < -0.3 is 24.4 Å². The molecule has 114 valence electrons. The quantitative estimate of drug-likeness (QED) is 0.740. The molecule has 0 aliphatic rings. The van der Waals surface area contributed by atoms with Gasteiger partial charge in [-0.05, 0) is 38.7 Å². The second-order valence-corrected chi connectivity index (χ2v) is 5.05. The van der Waals surface area contributed by atoms with Crippen molar-refractivity contribution >= 4 is 5.69 Å². The maximum Gasteiger partial charge on any atom is 0.176 e. The van der Waals surface area contributed by atoms with Crippen LogP contribution in [0.3, 0.4) is 0 Å². The van der Waals surface area contributed by atoms with Gasteiger partial charge in [-0.15, -0.1) is 0 Å². The van der Waals surface area contributed by atoms with Gasteiger partial charge >= 0.3 is 0 Å². The van der Waals surface area contributed by atoms with Crippen molar-refractivity contribution in [1.82, 2.24) is 4.90 Å². The molecule has 0 heterocycles. The average molecular weight is 282 g/mol. The lowest BCUT2D eigenvalue weighted by Gasteiger charge is -2.24. The van der Waals surface area contributed by atoms with Gasteiger partial charge in [-0.1, -0.05) is 6.07 Å². The minimum Gasteiger partial charge on any atom is -0.495 e. The highest BCUT2D eigenvalue weighted by atomic mass is 16.7. The third kappa shape index (κ3) is 4.67. The highest BCUT2D eigenvalue weighted by molar-refractivity contribution is 5.58. The van der Waals surface area contributed by atoms with Gasteiger partial charge in [0.2, 0.25) is 0 Å². The molecule has 0 saturated carbocycles. The first-order chi connectivity index (χ1) is 9.51. The van der Waals surface area contributed by atoms with E-state index in [2.05, 4.69) is 22.3 Å². The average Bonchev–Trinajstić information content (AvgIpc) is 2.39. The number of benzene rings is 1. The largest absolute Gasteiger partial charge is 0.495 e. The van der Waals surface area contributed by atoms with Crippen LogP contribution in [-0.4, -0.2) is 52.7 Å². The second-order valence-electron chi connectivity index (χ2n) is 5.05. The minimum absolute atomic E-state index is 0.00788. The molecule has 20 heavy (non-hydrogen) atoms. The monoisotopic (exact) mass is 282 g/mol. The van der Waals surface area contributed by atoms with E-state index in [1.54, 1.807) is 21.3 Å². The summed E-state index contributed by atoms with van der Waals surface area (Å²) >= 11 is 0. The molecular weight excluding hydrogens is 256 g/mol. The molecule has 0 fully saturated rings. The number of anilines is 1. The van der Waals surface area contributed by atoms with E-state index in [0.717, 1.165) is 18.0 Å². The number of nitrogens with one attached hydrogen (secondary N) is 1. The van der Waals surface area contributed by atoms with Crippen LogP contribution in [0, 0.1) is 0 Å². The zero-order valence-corrected chi connectivity index (χ0v) is 13.3. The SMILES string of the molecule is COc1ccc(CN(C)C)cc1NC(C)C(OC)OC. The Hall–Kier alpha value is -1.30. The molecule has 5 nitrogen and oxygen atoms in total. The van der Waals surface area contributed by atoms with Crippen molar-refractivity contribution < 1.29 is 14.2 Å². The molecule has 0 bridgehead atoms. The van der Waals surface area contributed by atoms with Crippen LogP contribution < -0.4 is 10.1 Å². The predicted molar refractivity (Wildman–Crippen MR) is 81.3 cm³/mol. The zero-order valence-electron chi connectivity index (χ0n) is 13.3. The summed E-state index contributed by atoms with van der Waals surface area (Å²) in [4.78, 5) is 2.13. The van der Waals surface area contributed by atoms with Crippen molar-refractivity contribution in [1.29, 1.82) is 0 Å². The Morgan fingerprint density at radius 2 is 1.80 bits per heavy atom. The fraction of sp³-hybridized carbons (Fsp3) is 0.600. The highest BCUT2D eigenvalue weighted by Crippen LogP contribution is 2.27. The van der Waals surface area contributed by atoms with Gasteiger partial charge in [0, 0.05) is 20.8 Å². The van der Waals surface area contributed by atoms with Crippen molar-refractivity contribution in [3.8, 4) is 5.75 Å². The van der Waals surface area contributed by atoms with Crippen LogP contribution in [0.4, 0.5) is 5.69 Å². The summed E-state index contributed by atoms with van der Waals surface area (Å²) in [5.74, 6) is 0.810. The van der Waals surface area contributed by atoms with Gasteiger partial charge in [0.25, 0.3) is 0 Å². The maximum absolute atomic E-state index is 5.40. The highest BCUT2D eigenvalue weighted by Gasteiger charge is 2.17. The minimum atomic E-state index is -0.308. The van der Waals surface area contributed by atoms with E-state index >= 15 is 0 Å². The van der Waals surface area contributed by atoms with E-state index in [4.69, 9.17) is 14.2 Å². The molecule has 0 spiro atoms. The lowest BCUT2D eigenvalue weighted by atomic mass is 10.1. The summed E-state index contributed by atoms with van der Waals surface area (Å²) in [6.45, 7) is 2.89. The molecule has 1 aromatic carbocycles. The topological polar surface area (TPSA) is 43.0 Å². The van der Waals surface area contributed by atoms with E-state index in [0.29, 0.717) is 0 Å². The molecule has 1 atom stereocenters. The first-order valence-corrected chi connectivity index (χ1v) is 6.65. The molecule has 1 rings (SSSR count). The molecule has 0 amide bonds. The fourth-order valence-corrected chi connectivity index (χ4v) is 2.15. The van der Waals surface area contributed by atoms with E-state index in [-0.39, 0.29) is 12.3 Å². The first kappa shape index (κ1) is 16.8. The van der Waals surface area contributed by atoms with Crippen LogP contribution in [0.2, 0.25) is 0 Å². The van der Waals surface area contributed by atoms with Gasteiger partial charge in [-0.3, -0.25) is 0 Å². The van der Waals surface area contributed by atoms with Crippen molar-refractivity contribution in [2.75, 3.05) is 40.7 Å². The normalized spacial score (nSPS) is 12.8. The fourth-order valence-electron chi connectivity index (χ4n) is 2.15. The lowest BCUT2D eigenvalue weighted by molar-refractivity contribution is -0.109. The first-order valence-electron chi connectivity index (χ1n) is 6.65. The van der Waals surface area contributed by atoms with Crippen LogP contribution in [0.1, 0.15) is 12.5 Å². The van der Waals surface area contributed by atoms with E-state index in [1.807, 2.05) is 27.1 Å². The standard InChI is InChI=1S/C15H26N2O3/c1-11(15(19-5)20-6)16-13-9-12(10-17(2)3)7-8-14(13)18-4/h7-9,11,15-16H,10H2,1-6H3. The van der Waals surface area contributed by atoms with E-state index in [9.17, 15) is 0 Å². The van der Waals surface area contributed by atoms with E-state index < -0.39 is 0 Å². The molecule has 0 saturated heterocycles. The molecule has 1 N–H and O–H groups in total. The van der Waals surface area contributed by atoms with Crippen molar-refractivity contribution in [2.24, 2.45) is 0 Å². The van der Waals surface area contributed by atoms with Gasteiger partial charge in [0.1, 0.15) is 5.75 Å². The number of hydrogen-bond donors (Lipinski definition) is 1. The summed E-state index contributed by atoms with van der Waals surface area (Å²) in [6.07, 6.45) is -0.308. The summed E-state index contributed by atoms with van der Waals surface area (Å²) in [5.41, 5.74) is 2.16. The second kappa shape index (κ2) is 8.09. The van der Waals surface area contributed by atoms with Crippen LogP contribution in [0.5, 0.6) is 5.75 Å². The molecular formula is C15H26N2O3. The molecule has 0 aliphatic carbocycles. The van der Waals surface area contributed by atoms with Gasteiger partial charge in [-0.2, -0.15) is 0 Å². The Bertz CT molecular complexity index is 406. The Kier molecular flexibility index (Phi) is 6.78. The third-order valence-corrected chi connectivity index (χ3v) is 3.02. The van der Waals surface area contributed by atoms with Gasteiger partial charge in [-0.25, -0.2) is 0 Å². The Morgan fingerprint density at radius 3 is 2.30 bits per heavy atom. The lowest BCUT2D eigenvalue weighted by Crippen LogP contribution is -2.33. The number of rotatable bonds is 8. The molecule has 0 aromatic heterocycles. The summed E-state index contributed by atoms with van der Waals surface area (Å²) in [5, 5.41) is 3.38. The Labute approximate surface area is 121 Å². The maximum atomic E-state index is 5.40.